The number of hydrogen-bond acceptors (Lipinski definition) is 8. The molecule has 0 aliphatic rings. The highest BCUT2D eigenvalue weighted by atomic mass is 35.5. The molecule has 11 heteroatoms. The van der Waals surface area contributed by atoms with Gasteiger partial charge in [-0.2, -0.15) is 15.0 Å². The molecule has 3 heterocycles. The Bertz CT molecular complexity index is 852. The number of rotatable bonds is 6. The molecule has 0 aliphatic carbocycles. The van der Waals surface area contributed by atoms with Crippen molar-refractivity contribution >= 4 is 29.3 Å². The summed E-state index contributed by atoms with van der Waals surface area (Å²) in [5, 5.41) is 5.98. The summed E-state index contributed by atoms with van der Waals surface area (Å²) in [6.07, 6.45) is 5.70. The van der Waals surface area contributed by atoms with E-state index in [9.17, 15) is 4.39 Å². The molecule has 3 rings (SSSR count). The zero-order valence-electron chi connectivity index (χ0n) is 13.5. The molecule has 130 valence electrons. The van der Waals surface area contributed by atoms with E-state index in [1.165, 1.54) is 0 Å². The lowest BCUT2D eigenvalue weighted by Gasteiger charge is -2.12. The number of hydrogen-bond donors (Lipinski definition) is 2. The lowest BCUT2D eigenvalue weighted by molar-refractivity contribution is 0.604. The number of nitrogens with zero attached hydrogens (tertiary/aromatic N) is 7. The van der Waals surface area contributed by atoms with Crippen molar-refractivity contribution in [3.8, 4) is 0 Å². The van der Waals surface area contributed by atoms with Gasteiger partial charge >= 0.3 is 0 Å². The maximum atomic E-state index is 12.9. The van der Waals surface area contributed by atoms with E-state index in [0.29, 0.717) is 11.6 Å². The molecule has 0 saturated carbocycles. The Kier molecular flexibility index (Phi) is 4.98. The summed E-state index contributed by atoms with van der Waals surface area (Å²) in [5.41, 5.74) is 0. The SMILES string of the molecule is CCn1cnc(Nc2nc(Cl)nc(N[C@@H](C)c3ncc(F)cn3)n2)c1. The van der Waals surface area contributed by atoms with Crippen molar-refractivity contribution in [3.63, 3.8) is 0 Å². The molecule has 0 unspecified atom stereocenters. The van der Waals surface area contributed by atoms with Crippen LogP contribution in [-0.4, -0.2) is 34.5 Å². The molecule has 9 nitrogen and oxygen atoms in total. The molecule has 0 radical (unpaired) electrons. The molecule has 0 aliphatic heterocycles. The third-order valence-corrected chi connectivity index (χ3v) is 3.39. The van der Waals surface area contributed by atoms with Crippen LogP contribution in [0, 0.1) is 5.82 Å². The average Bonchev–Trinajstić information content (AvgIpc) is 3.02. The van der Waals surface area contributed by atoms with Crippen LogP contribution in [-0.2, 0) is 6.54 Å². The number of anilines is 3. The van der Waals surface area contributed by atoms with Gasteiger partial charge in [-0.3, -0.25) is 0 Å². The second-order valence-electron chi connectivity index (χ2n) is 5.09. The van der Waals surface area contributed by atoms with Crippen molar-refractivity contribution in [1.82, 2.24) is 34.5 Å². The Hall–Kier alpha value is -2.88. The second-order valence-corrected chi connectivity index (χ2v) is 5.43. The predicted octanol–water partition coefficient (Wildman–Crippen LogP) is 2.59. The first-order valence-electron chi connectivity index (χ1n) is 7.48. The van der Waals surface area contributed by atoms with Crippen molar-refractivity contribution in [2.75, 3.05) is 10.6 Å². The van der Waals surface area contributed by atoms with Gasteiger partial charge in [0.25, 0.3) is 0 Å². The van der Waals surface area contributed by atoms with E-state index in [1.54, 1.807) is 13.3 Å². The molecule has 1 atom stereocenters. The number of aromatic nitrogens is 7. The molecule has 0 bridgehead atoms. The fourth-order valence-corrected chi connectivity index (χ4v) is 2.15. The van der Waals surface area contributed by atoms with Crippen molar-refractivity contribution in [2.45, 2.75) is 26.4 Å². The zero-order chi connectivity index (χ0) is 17.8. The Morgan fingerprint density at radius 1 is 1.16 bits per heavy atom. The first kappa shape index (κ1) is 17.0. The quantitative estimate of drug-likeness (QED) is 0.688. The topological polar surface area (TPSA) is 106 Å². The summed E-state index contributed by atoms with van der Waals surface area (Å²) in [4.78, 5) is 24.3. The maximum absolute atomic E-state index is 12.9. The van der Waals surface area contributed by atoms with Crippen molar-refractivity contribution < 1.29 is 4.39 Å². The maximum Gasteiger partial charge on any atom is 0.234 e. The molecule has 3 aromatic heterocycles. The Labute approximate surface area is 147 Å². The normalized spacial score (nSPS) is 12.0. The van der Waals surface area contributed by atoms with Crippen LogP contribution in [0.2, 0.25) is 5.28 Å². The van der Waals surface area contributed by atoms with E-state index >= 15 is 0 Å². The molecular weight excluding hydrogens is 349 g/mol. The van der Waals surface area contributed by atoms with E-state index in [2.05, 4.69) is 40.5 Å². The van der Waals surface area contributed by atoms with Crippen LogP contribution in [0.25, 0.3) is 0 Å². The monoisotopic (exact) mass is 363 g/mol. The van der Waals surface area contributed by atoms with E-state index in [0.717, 1.165) is 18.9 Å². The number of imidazole rings is 1. The summed E-state index contributed by atoms with van der Waals surface area (Å²) in [6, 6.07) is -0.355. The largest absolute Gasteiger partial charge is 0.344 e. The minimum atomic E-state index is -0.503. The standard InChI is InChI=1S/C14H15ClFN9/c1-3-25-6-10(19-7-25)21-14-23-12(15)22-13(24-14)20-8(2)11-17-4-9(16)5-18-11/h4-8H,3H2,1-2H3,(H2,20,21,22,23,24)/t8-/m0/s1. The van der Waals surface area contributed by atoms with Crippen LogP contribution in [0.1, 0.15) is 25.7 Å². The summed E-state index contributed by atoms with van der Waals surface area (Å²) < 4.78 is 14.8. The fraction of sp³-hybridized carbons (Fsp3) is 0.286. The Balaban J connectivity index is 1.75. The lowest BCUT2D eigenvalue weighted by atomic mass is 10.3. The van der Waals surface area contributed by atoms with E-state index in [4.69, 9.17) is 11.6 Å². The molecule has 3 aromatic rings. The molecule has 0 fully saturated rings. The highest BCUT2D eigenvalue weighted by molar-refractivity contribution is 6.28. The van der Waals surface area contributed by atoms with Gasteiger partial charge in [-0.1, -0.05) is 0 Å². The molecular formula is C14H15ClFN9. The van der Waals surface area contributed by atoms with Gasteiger partial charge in [-0.25, -0.2) is 19.3 Å². The first-order valence-corrected chi connectivity index (χ1v) is 7.85. The highest BCUT2D eigenvalue weighted by Crippen LogP contribution is 2.17. The summed E-state index contributed by atoms with van der Waals surface area (Å²) in [6.45, 7) is 4.60. The van der Waals surface area contributed by atoms with Crippen LogP contribution in [0.5, 0.6) is 0 Å². The predicted molar refractivity (Wildman–Crippen MR) is 90.0 cm³/mol. The molecule has 2 N–H and O–H groups in total. The fourth-order valence-electron chi connectivity index (χ4n) is 1.99. The smallest absolute Gasteiger partial charge is 0.234 e. The van der Waals surface area contributed by atoms with Gasteiger partial charge in [0.1, 0.15) is 5.82 Å². The van der Waals surface area contributed by atoms with Crippen LogP contribution < -0.4 is 10.6 Å². The number of aryl methyl sites for hydroxylation is 1. The van der Waals surface area contributed by atoms with Gasteiger partial charge in [0, 0.05) is 12.7 Å². The summed E-state index contributed by atoms with van der Waals surface area (Å²) in [5.74, 6) is 0.963. The molecule has 0 spiro atoms. The van der Waals surface area contributed by atoms with Gasteiger partial charge in [0.2, 0.25) is 17.2 Å². The Morgan fingerprint density at radius 2 is 1.88 bits per heavy atom. The van der Waals surface area contributed by atoms with Gasteiger partial charge in [0.15, 0.2) is 11.6 Å². The highest BCUT2D eigenvalue weighted by Gasteiger charge is 2.13. The van der Waals surface area contributed by atoms with Gasteiger partial charge < -0.3 is 15.2 Å². The number of halogens is 2. The van der Waals surface area contributed by atoms with E-state index < -0.39 is 5.82 Å². The van der Waals surface area contributed by atoms with Crippen molar-refractivity contribution in [1.29, 1.82) is 0 Å². The van der Waals surface area contributed by atoms with Gasteiger partial charge in [-0.15, -0.1) is 0 Å². The molecule has 0 aromatic carbocycles. The van der Waals surface area contributed by atoms with Crippen molar-refractivity contribution in [3.05, 3.63) is 41.8 Å². The third kappa shape index (κ3) is 4.35. The van der Waals surface area contributed by atoms with E-state index in [1.807, 2.05) is 17.7 Å². The minimum absolute atomic E-state index is 0.0159. The van der Waals surface area contributed by atoms with Gasteiger partial charge in [0.05, 0.1) is 24.8 Å². The summed E-state index contributed by atoms with van der Waals surface area (Å²) >= 11 is 5.95. The third-order valence-electron chi connectivity index (χ3n) is 3.22. The van der Waals surface area contributed by atoms with Crippen molar-refractivity contribution in [2.24, 2.45) is 0 Å². The Morgan fingerprint density at radius 3 is 2.56 bits per heavy atom. The molecule has 0 amide bonds. The van der Waals surface area contributed by atoms with E-state index in [-0.39, 0.29) is 23.2 Å². The zero-order valence-corrected chi connectivity index (χ0v) is 14.2. The molecule has 25 heavy (non-hydrogen) atoms. The minimum Gasteiger partial charge on any atom is -0.344 e. The average molecular weight is 364 g/mol. The van der Waals surface area contributed by atoms with Gasteiger partial charge in [-0.05, 0) is 25.4 Å². The number of nitrogens with one attached hydrogen (secondary N) is 2. The van der Waals surface area contributed by atoms with Crippen LogP contribution in [0.15, 0.2) is 24.9 Å². The lowest BCUT2D eigenvalue weighted by Crippen LogP contribution is -2.14. The first-order chi connectivity index (χ1) is 12.0. The molecule has 0 saturated heterocycles. The van der Waals surface area contributed by atoms with Crippen LogP contribution >= 0.6 is 11.6 Å². The van der Waals surface area contributed by atoms with Crippen LogP contribution in [0.3, 0.4) is 0 Å². The van der Waals surface area contributed by atoms with Crippen LogP contribution in [0.4, 0.5) is 22.1 Å². The summed E-state index contributed by atoms with van der Waals surface area (Å²) in [7, 11) is 0. The second kappa shape index (κ2) is 7.34.